The van der Waals surface area contributed by atoms with Crippen LogP contribution >= 0.6 is 23.6 Å². The molecule has 0 saturated carbocycles. The molecule has 0 unspecified atom stereocenters. The van der Waals surface area contributed by atoms with Gasteiger partial charge in [0.15, 0.2) is 5.11 Å². The molecule has 1 rings (SSSR count). The lowest BCUT2D eigenvalue weighted by molar-refractivity contribution is 0.794. The SMILES string of the molecule is CCCNC(=S)NCCc1cccs1. The van der Waals surface area contributed by atoms with E-state index in [0.29, 0.717) is 0 Å². The maximum absolute atomic E-state index is 5.10. The number of hydrogen-bond acceptors (Lipinski definition) is 2. The van der Waals surface area contributed by atoms with Gasteiger partial charge in [-0.05, 0) is 36.5 Å². The molecule has 78 valence electrons. The fraction of sp³-hybridized carbons (Fsp3) is 0.500. The summed E-state index contributed by atoms with van der Waals surface area (Å²) in [4.78, 5) is 1.40. The average molecular weight is 228 g/mol. The van der Waals surface area contributed by atoms with Gasteiger partial charge in [-0.2, -0.15) is 0 Å². The van der Waals surface area contributed by atoms with E-state index in [1.807, 2.05) is 0 Å². The fourth-order valence-electron chi connectivity index (χ4n) is 1.06. The highest BCUT2D eigenvalue weighted by Gasteiger charge is 1.95. The standard InChI is InChI=1S/C10H16N2S2/c1-2-6-11-10(13)12-7-5-9-4-3-8-14-9/h3-4,8H,2,5-7H2,1H3,(H2,11,12,13). The topological polar surface area (TPSA) is 24.1 Å². The normalized spacial score (nSPS) is 9.79. The molecule has 0 radical (unpaired) electrons. The van der Waals surface area contributed by atoms with Crippen LogP contribution in [0.1, 0.15) is 18.2 Å². The molecule has 1 heterocycles. The van der Waals surface area contributed by atoms with Crippen molar-refractivity contribution in [3.05, 3.63) is 22.4 Å². The van der Waals surface area contributed by atoms with Crippen molar-refractivity contribution < 1.29 is 0 Å². The molecule has 0 amide bonds. The first-order valence-corrected chi connectivity index (χ1v) is 6.15. The Morgan fingerprint density at radius 3 is 2.86 bits per heavy atom. The quantitative estimate of drug-likeness (QED) is 0.755. The van der Waals surface area contributed by atoms with Crippen LogP contribution in [-0.2, 0) is 6.42 Å². The van der Waals surface area contributed by atoms with E-state index >= 15 is 0 Å². The molecular formula is C10H16N2S2. The van der Waals surface area contributed by atoms with E-state index in [4.69, 9.17) is 12.2 Å². The Balaban J connectivity index is 2.06. The van der Waals surface area contributed by atoms with Crippen molar-refractivity contribution in [3.8, 4) is 0 Å². The summed E-state index contributed by atoms with van der Waals surface area (Å²) in [5.74, 6) is 0. The highest BCUT2D eigenvalue weighted by atomic mass is 32.1. The summed E-state index contributed by atoms with van der Waals surface area (Å²) in [6.07, 6.45) is 2.15. The lowest BCUT2D eigenvalue weighted by atomic mass is 10.3. The first kappa shape index (κ1) is 11.5. The van der Waals surface area contributed by atoms with E-state index in [1.165, 1.54) is 4.88 Å². The van der Waals surface area contributed by atoms with E-state index in [1.54, 1.807) is 11.3 Å². The first-order chi connectivity index (χ1) is 6.83. The van der Waals surface area contributed by atoms with Crippen LogP contribution in [0.4, 0.5) is 0 Å². The largest absolute Gasteiger partial charge is 0.363 e. The molecule has 1 aromatic rings. The molecule has 1 aromatic heterocycles. The van der Waals surface area contributed by atoms with Gasteiger partial charge in [0.25, 0.3) is 0 Å². The molecule has 0 aliphatic heterocycles. The molecule has 0 aromatic carbocycles. The summed E-state index contributed by atoms with van der Waals surface area (Å²) in [5, 5.41) is 9.19. The second kappa shape index (κ2) is 6.79. The van der Waals surface area contributed by atoms with Gasteiger partial charge < -0.3 is 10.6 Å². The molecule has 0 aliphatic carbocycles. The van der Waals surface area contributed by atoms with Gasteiger partial charge in [-0.3, -0.25) is 0 Å². The van der Waals surface area contributed by atoms with Crippen LogP contribution in [0.3, 0.4) is 0 Å². The zero-order valence-electron chi connectivity index (χ0n) is 8.38. The molecule has 14 heavy (non-hydrogen) atoms. The zero-order valence-corrected chi connectivity index (χ0v) is 10.0. The van der Waals surface area contributed by atoms with E-state index in [0.717, 1.165) is 31.0 Å². The molecule has 0 saturated heterocycles. The Kier molecular flexibility index (Phi) is 5.56. The number of hydrogen-bond donors (Lipinski definition) is 2. The smallest absolute Gasteiger partial charge is 0.166 e. The summed E-state index contributed by atoms with van der Waals surface area (Å²) in [6.45, 7) is 3.99. The van der Waals surface area contributed by atoms with Crippen molar-refractivity contribution >= 4 is 28.7 Å². The van der Waals surface area contributed by atoms with Crippen LogP contribution in [0, 0.1) is 0 Å². The molecule has 2 N–H and O–H groups in total. The lowest BCUT2D eigenvalue weighted by Gasteiger charge is -2.08. The van der Waals surface area contributed by atoms with Crippen LogP contribution < -0.4 is 10.6 Å². The summed E-state index contributed by atoms with van der Waals surface area (Å²) in [6, 6.07) is 4.22. The van der Waals surface area contributed by atoms with Gasteiger partial charge in [0.05, 0.1) is 0 Å². The highest BCUT2D eigenvalue weighted by Crippen LogP contribution is 2.07. The van der Waals surface area contributed by atoms with Crippen molar-refractivity contribution in [2.75, 3.05) is 13.1 Å². The van der Waals surface area contributed by atoms with Gasteiger partial charge in [-0.15, -0.1) is 11.3 Å². The molecule has 0 aliphatic rings. The maximum atomic E-state index is 5.10. The molecule has 0 bridgehead atoms. The Hall–Kier alpha value is -0.610. The van der Waals surface area contributed by atoms with E-state index in [2.05, 4.69) is 35.1 Å². The van der Waals surface area contributed by atoms with Crippen LogP contribution in [0.2, 0.25) is 0 Å². The highest BCUT2D eigenvalue weighted by molar-refractivity contribution is 7.80. The second-order valence-electron chi connectivity index (χ2n) is 3.01. The summed E-state index contributed by atoms with van der Waals surface area (Å²) in [7, 11) is 0. The maximum Gasteiger partial charge on any atom is 0.166 e. The Morgan fingerprint density at radius 2 is 2.21 bits per heavy atom. The van der Waals surface area contributed by atoms with Gasteiger partial charge in [0.1, 0.15) is 0 Å². The Morgan fingerprint density at radius 1 is 1.43 bits per heavy atom. The molecular weight excluding hydrogens is 212 g/mol. The third-order valence-electron chi connectivity index (χ3n) is 1.77. The fourth-order valence-corrected chi connectivity index (χ4v) is 1.97. The number of nitrogens with one attached hydrogen (secondary N) is 2. The Bertz CT molecular complexity index is 257. The number of rotatable bonds is 5. The molecule has 0 spiro atoms. The molecule has 4 heteroatoms. The van der Waals surface area contributed by atoms with Crippen LogP contribution in [-0.4, -0.2) is 18.2 Å². The minimum absolute atomic E-state index is 0.767. The van der Waals surface area contributed by atoms with Crippen LogP contribution in [0.15, 0.2) is 17.5 Å². The zero-order chi connectivity index (χ0) is 10.2. The van der Waals surface area contributed by atoms with Gasteiger partial charge in [-0.25, -0.2) is 0 Å². The predicted molar refractivity (Wildman–Crippen MR) is 66.9 cm³/mol. The van der Waals surface area contributed by atoms with Gasteiger partial charge in [0.2, 0.25) is 0 Å². The molecule has 0 fully saturated rings. The third kappa shape index (κ3) is 4.58. The lowest BCUT2D eigenvalue weighted by Crippen LogP contribution is -2.36. The minimum Gasteiger partial charge on any atom is -0.363 e. The van der Waals surface area contributed by atoms with Crippen molar-refractivity contribution in [1.82, 2.24) is 10.6 Å². The summed E-state index contributed by atoms with van der Waals surface area (Å²) < 4.78 is 0. The van der Waals surface area contributed by atoms with E-state index < -0.39 is 0 Å². The van der Waals surface area contributed by atoms with Crippen molar-refractivity contribution in [2.45, 2.75) is 19.8 Å². The van der Waals surface area contributed by atoms with Gasteiger partial charge in [0, 0.05) is 18.0 Å². The predicted octanol–water partition coefficient (Wildman–Crippen LogP) is 2.16. The van der Waals surface area contributed by atoms with Gasteiger partial charge in [-0.1, -0.05) is 13.0 Å². The van der Waals surface area contributed by atoms with Crippen molar-refractivity contribution in [3.63, 3.8) is 0 Å². The van der Waals surface area contributed by atoms with Crippen LogP contribution in [0.5, 0.6) is 0 Å². The van der Waals surface area contributed by atoms with Crippen LogP contribution in [0.25, 0.3) is 0 Å². The molecule has 0 atom stereocenters. The van der Waals surface area contributed by atoms with E-state index in [9.17, 15) is 0 Å². The number of thiophene rings is 1. The summed E-state index contributed by atoms with van der Waals surface area (Å²) >= 11 is 6.88. The van der Waals surface area contributed by atoms with E-state index in [-0.39, 0.29) is 0 Å². The first-order valence-electron chi connectivity index (χ1n) is 4.87. The third-order valence-corrected chi connectivity index (χ3v) is 3.00. The van der Waals surface area contributed by atoms with Crippen molar-refractivity contribution in [1.29, 1.82) is 0 Å². The van der Waals surface area contributed by atoms with Crippen molar-refractivity contribution in [2.24, 2.45) is 0 Å². The summed E-state index contributed by atoms with van der Waals surface area (Å²) in [5.41, 5.74) is 0. The Labute approximate surface area is 94.7 Å². The average Bonchev–Trinajstić information content (AvgIpc) is 2.67. The molecule has 2 nitrogen and oxygen atoms in total. The van der Waals surface area contributed by atoms with Gasteiger partial charge >= 0.3 is 0 Å². The number of thiocarbonyl (C=S) groups is 1. The second-order valence-corrected chi connectivity index (χ2v) is 4.45. The minimum atomic E-state index is 0.767. The monoisotopic (exact) mass is 228 g/mol.